The van der Waals surface area contributed by atoms with Crippen LogP contribution >= 0.6 is 11.6 Å². The van der Waals surface area contributed by atoms with Crippen molar-refractivity contribution in [1.82, 2.24) is 14.7 Å². The molecule has 2 fully saturated rings. The molecular weight excluding hydrogens is 350 g/mol. The topological polar surface area (TPSA) is 47.0 Å². The standard InChI is InChI=1S/C20H30ClN3O2/c1-15-4-5-18(21)10-19(15)20(26)24-12-16(17(13-24)14-25)11-23-7-3-6-22(2)8-9-23/h4-5,10,16-17,25H,3,6-9,11-14H2,1-2H3/t16-,17-/m1/s1. The van der Waals surface area contributed by atoms with E-state index in [9.17, 15) is 9.90 Å². The predicted molar refractivity (Wildman–Crippen MR) is 105 cm³/mol. The molecule has 26 heavy (non-hydrogen) atoms. The number of aliphatic hydroxyl groups excluding tert-OH is 1. The normalized spacial score (nSPS) is 25.5. The van der Waals surface area contributed by atoms with Crippen LogP contribution in [0.2, 0.25) is 5.02 Å². The number of aliphatic hydroxyl groups is 1. The molecule has 0 spiro atoms. The van der Waals surface area contributed by atoms with Crippen molar-refractivity contribution >= 4 is 17.5 Å². The highest BCUT2D eigenvalue weighted by Crippen LogP contribution is 2.27. The quantitative estimate of drug-likeness (QED) is 0.868. The Hall–Kier alpha value is -1.14. The summed E-state index contributed by atoms with van der Waals surface area (Å²) in [6.45, 7) is 8.75. The summed E-state index contributed by atoms with van der Waals surface area (Å²) in [5.41, 5.74) is 1.62. The molecule has 1 N–H and O–H groups in total. The van der Waals surface area contributed by atoms with Crippen LogP contribution in [0.3, 0.4) is 0 Å². The van der Waals surface area contributed by atoms with Gasteiger partial charge in [-0.2, -0.15) is 0 Å². The van der Waals surface area contributed by atoms with Gasteiger partial charge in [0.05, 0.1) is 0 Å². The zero-order chi connectivity index (χ0) is 18.7. The summed E-state index contributed by atoms with van der Waals surface area (Å²) in [5.74, 6) is 0.507. The highest BCUT2D eigenvalue weighted by molar-refractivity contribution is 6.31. The van der Waals surface area contributed by atoms with Crippen molar-refractivity contribution in [3.8, 4) is 0 Å². The number of hydrogen-bond acceptors (Lipinski definition) is 4. The lowest BCUT2D eigenvalue weighted by molar-refractivity contribution is 0.0778. The van der Waals surface area contributed by atoms with Crippen LogP contribution in [0.15, 0.2) is 18.2 Å². The first kappa shape index (κ1) is 19.6. The maximum absolute atomic E-state index is 13.0. The maximum Gasteiger partial charge on any atom is 0.254 e. The molecule has 0 bridgehead atoms. The Bertz CT molecular complexity index is 639. The van der Waals surface area contributed by atoms with E-state index in [1.807, 2.05) is 24.0 Å². The molecule has 144 valence electrons. The molecule has 1 amide bonds. The maximum atomic E-state index is 13.0. The molecule has 2 heterocycles. The van der Waals surface area contributed by atoms with E-state index in [1.165, 1.54) is 6.42 Å². The number of rotatable bonds is 4. The second-order valence-electron chi connectivity index (χ2n) is 7.83. The second-order valence-corrected chi connectivity index (χ2v) is 8.27. The highest BCUT2D eigenvalue weighted by Gasteiger charge is 2.36. The van der Waals surface area contributed by atoms with Crippen molar-refractivity contribution in [2.45, 2.75) is 13.3 Å². The minimum atomic E-state index is 0.0292. The first-order chi connectivity index (χ1) is 12.5. The van der Waals surface area contributed by atoms with Crippen molar-refractivity contribution in [1.29, 1.82) is 0 Å². The average molecular weight is 380 g/mol. The van der Waals surface area contributed by atoms with Crippen LogP contribution in [0, 0.1) is 18.8 Å². The molecule has 0 unspecified atom stereocenters. The molecule has 0 aromatic heterocycles. The number of amides is 1. The van der Waals surface area contributed by atoms with E-state index in [2.05, 4.69) is 16.8 Å². The number of halogens is 1. The fourth-order valence-electron chi connectivity index (χ4n) is 4.13. The Balaban J connectivity index is 1.66. The zero-order valence-corrected chi connectivity index (χ0v) is 16.6. The first-order valence-electron chi connectivity index (χ1n) is 9.55. The number of likely N-dealkylation sites (N-methyl/N-ethyl adjacent to an activating group) is 1. The Morgan fingerprint density at radius 1 is 1.19 bits per heavy atom. The van der Waals surface area contributed by atoms with Crippen LogP contribution in [0.25, 0.3) is 0 Å². The number of benzene rings is 1. The molecule has 5 nitrogen and oxygen atoms in total. The van der Waals surface area contributed by atoms with Crippen LogP contribution in [0.1, 0.15) is 22.3 Å². The van der Waals surface area contributed by atoms with Gasteiger partial charge in [0.25, 0.3) is 5.91 Å². The van der Waals surface area contributed by atoms with Gasteiger partial charge in [-0.3, -0.25) is 4.79 Å². The summed E-state index contributed by atoms with van der Waals surface area (Å²) in [5, 5.41) is 10.4. The van der Waals surface area contributed by atoms with Crippen LogP contribution in [0.5, 0.6) is 0 Å². The molecule has 2 atom stereocenters. The first-order valence-corrected chi connectivity index (χ1v) is 9.93. The summed E-state index contributed by atoms with van der Waals surface area (Å²) in [6, 6.07) is 5.46. The molecule has 1 aromatic rings. The summed E-state index contributed by atoms with van der Waals surface area (Å²) in [7, 11) is 2.17. The lowest BCUT2D eigenvalue weighted by Crippen LogP contribution is -2.36. The van der Waals surface area contributed by atoms with E-state index < -0.39 is 0 Å². The minimum absolute atomic E-state index is 0.0292. The number of carbonyl (C=O) groups is 1. The van der Waals surface area contributed by atoms with Gasteiger partial charge in [-0.15, -0.1) is 0 Å². The zero-order valence-electron chi connectivity index (χ0n) is 15.8. The average Bonchev–Trinajstić information content (AvgIpc) is 2.92. The molecule has 6 heteroatoms. The third kappa shape index (κ3) is 4.58. The SMILES string of the molecule is Cc1ccc(Cl)cc1C(=O)N1C[C@@H](CN2CCCN(C)CC2)[C@@H](CO)C1. The number of carbonyl (C=O) groups excluding carboxylic acids is 1. The van der Waals surface area contributed by atoms with Gasteiger partial charge in [0.1, 0.15) is 0 Å². The van der Waals surface area contributed by atoms with Crippen LogP contribution in [-0.4, -0.2) is 85.2 Å². The second kappa shape index (κ2) is 8.70. The number of aryl methyl sites for hydroxylation is 1. The number of hydrogen-bond donors (Lipinski definition) is 1. The van der Waals surface area contributed by atoms with Gasteiger partial charge >= 0.3 is 0 Å². The smallest absolute Gasteiger partial charge is 0.254 e. The van der Waals surface area contributed by atoms with E-state index in [-0.39, 0.29) is 18.4 Å². The Kier molecular flexibility index (Phi) is 6.56. The van der Waals surface area contributed by atoms with Gasteiger partial charge in [-0.05, 0) is 57.1 Å². The molecular formula is C20H30ClN3O2. The Morgan fingerprint density at radius 3 is 2.73 bits per heavy atom. The summed E-state index contributed by atoms with van der Waals surface area (Å²) in [6.07, 6.45) is 1.18. The van der Waals surface area contributed by atoms with E-state index in [0.29, 0.717) is 29.6 Å². The monoisotopic (exact) mass is 379 g/mol. The van der Waals surface area contributed by atoms with Crippen molar-refractivity contribution in [3.05, 3.63) is 34.3 Å². The molecule has 2 aliphatic rings. The third-order valence-electron chi connectivity index (χ3n) is 5.83. The lowest BCUT2D eigenvalue weighted by atomic mass is 9.96. The van der Waals surface area contributed by atoms with Gasteiger partial charge in [0.2, 0.25) is 0 Å². The molecule has 3 rings (SSSR count). The molecule has 0 saturated carbocycles. The van der Waals surface area contributed by atoms with Gasteiger partial charge in [-0.25, -0.2) is 0 Å². The van der Waals surface area contributed by atoms with Crippen molar-refractivity contribution in [2.24, 2.45) is 11.8 Å². The van der Waals surface area contributed by atoms with Crippen molar-refractivity contribution in [3.63, 3.8) is 0 Å². The Morgan fingerprint density at radius 2 is 1.96 bits per heavy atom. The number of nitrogens with zero attached hydrogens (tertiary/aromatic N) is 3. The van der Waals surface area contributed by atoms with Crippen LogP contribution in [-0.2, 0) is 0 Å². The fourth-order valence-corrected chi connectivity index (χ4v) is 4.30. The van der Waals surface area contributed by atoms with Gasteiger partial charge in [0.15, 0.2) is 0 Å². The van der Waals surface area contributed by atoms with Gasteiger partial charge in [0, 0.05) is 55.8 Å². The summed E-state index contributed by atoms with van der Waals surface area (Å²) < 4.78 is 0. The van der Waals surface area contributed by atoms with E-state index >= 15 is 0 Å². The summed E-state index contributed by atoms with van der Waals surface area (Å²) in [4.78, 5) is 19.7. The van der Waals surface area contributed by atoms with E-state index in [0.717, 1.165) is 38.3 Å². The largest absolute Gasteiger partial charge is 0.396 e. The predicted octanol–water partition coefficient (Wildman–Crippen LogP) is 1.97. The molecule has 0 radical (unpaired) electrons. The number of likely N-dealkylation sites (tertiary alicyclic amines) is 1. The van der Waals surface area contributed by atoms with E-state index in [4.69, 9.17) is 11.6 Å². The fraction of sp³-hybridized carbons (Fsp3) is 0.650. The van der Waals surface area contributed by atoms with Gasteiger partial charge in [-0.1, -0.05) is 17.7 Å². The Labute approximate surface area is 161 Å². The lowest BCUT2D eigenvalue weighted by Gasteiger charge is -2.26. The molecule has 2 aliphatic heterocycles. The van der Waals surface area contributed by atoms with Gasteiger partial charge < -0.3 is 19.8 Å². The van der Waals surface area contributed by atoms with Crippen LogP contribution < -0.4 is 0 Å². The van der Waals surface area contributed by atoms with E-state index in [1.54, 1.807) is 6.07 Å². The molecule has 1 aromatic carbocycles. The highest BCUT2D eigenvalue weighted by atomic mass is 35.5. The van der Waals surface area contributed by atoms with Crippen molar-refractivity contribution < 1.29 is 9.90 Å². The van der Waals surface area contributed by atoms with Crippen molar-refractivity contribution in [2.75, 3.05) is 59.5 Å². The van der Waals surface area contributed by atoms with Crippen LogP contribution in [0.4, 0.5) is 0 Å². The summed E-state index contributed by atoms with van der Waals surface area (Å²) >= 11 is 6.09. The molecule has 2 saturated heterocycles. The minimum Gasteiger partial charge on any atom is -0.396 e. The third-order valence-corrected chi connectivity index (χ3v) is 6.07. The molecule has 0 aliphatic carbocycles.